The van der Waals surface area contributed by atoms with Crippen LogP contribution in [0.15, 0.2) is 0 Å². The summed E-state index contributed by atoms with van der Waals surface area (Å²) in [6.07, 6.45) is 10.5. The molecule has 0 rings (SSSR count). The minimum atomic E-state index is -0.886. The molecule has 0 saturated heterocycles. The molecular formula is C28H54N4O6. The summed E-state index contributed by atoms with van der Waals surface area (Å²) in [5.41, 5.74) is 10.4. The van der Waals surface area contributed by atoms with Gasteiger partial charge < -0.3 is 31.6 Å². The van der Waals surface area contributed by atoms with Gasteiger partial charge in [0.2, 0.25) is 11.8 Å². The first-order chi connectivity index (χ1) is 17.6. The van der Waals surface area contributed by atoms with Crippen LogP contribution in [0.25, 0.3) is 0 Å². The van der Waals surface area contributed by atoms with Crippen LogP contribution in [0.1, 0.15) is 119 Å². The molecule has 0 fully saturated rings. The van der Waals surface area contributed by atoms with Crippen molar-refractivity contribution in [3.8, 4) is 0 Å². The summed E-state index contributed by atoms with van der Waals surface area (Å²) >= 11 is 0. The normalized spacial score (nSPS) is 13.4. The molecule has 38 heavy (non-hydrogen) atoms. The summed E-state index contributed by atoms with van der Waals surface area (Å²) in [5, 5.41) is 5.58. The Bertz CT molecular complexity index is 655. The van der Waals surface area contributed by atoms with Gasteiger partial charge in [0, 0.05) is 13.1 Å². The summed E-state index contributed by atoms with van der Waals surface area (Å²) in [5.74, 6) is -1.58. The molecule has 2 atom stereocenters. The number of carbonyl (C=O) groups is 4. The Kier molecular flexibility index (Phi) is 17.9. The lowest BCUT2D eigenvalue weighted by molar-refractivity contribution is -0.157. The molecule has 10 nitrogen and oxygen atoms in total. The maximum Gasteiger partial charge on any atom is 0.308 e. The van der Waals surface area contributed by atoms with Gasteiger partial charge in [-0.05, 0) is 54.4 Å². The van der Waals surface area contributed by atoms with Gasteiger partial charge in [0.25, 0.3) is 0 Å². The molecule has 10 heteroatoms. The van der Waals surface area contributed by atoms with Gasteiger partial charge in [0.05, 0.1) is 24.9 Å². The molecule has 0 aliphatic rings. The monoisotopic (exact) mass is 542 g/mol. The highest BCUT2D eigenvalue weighted by Crippen LogP contribution is 2.12. The molecule has 0 aromatic carbocycles. The lowest BCUT2D eigenvalue weighted by atomic mass is 10.1. The van der Waals surface area contributed by atoms with E-state index in [9.17, 15) is 19.2 Å². The average molecular weight is 543 g/mol. The molecule has 6 N–H and O–H groups in total. The third-order valence-corrected chi connectivity index (χ3v) is 5.49. The minimum absolute atomic E-state index is 0.123. The zero-order valence-electron chi connectivity index (χ0n) is 24.7. The standard InChI is InChI=1S/C28H54N4O6/c1-27(2,3)37-23(33)19-21(29)25(35)31-17-15-13-11-9-7-8-10-12-14-16-18-32-26(36)22(30)20-24(34)38-28(4,5)6/h21-22H,7-20,29-30H2,1-6H3,(H,31,35)(H,32,36)/t21-,22-/m0/s1. The summed E-state index contributed by atoms with van der Waals surface area (Å²) in [6.45, 7) is 11.8. The van der Waals surface area contributed by atoms with Crippen LogP contribution in [0.4, 0.5) is 0 Å². The quantitative estimate of drug-likeness (QED) is 0.143. The maximum atomic E-state index is 12.0. The van der Waals surface area contributed by atoms with E-state index in [1.54, 1.807) is 41.5 Å². The van der Waals surface area contributed by atoms with Gasteiger partial charge in [-0.2, -0.15) is 0 Å². The van der Waals surface area contributed by atoms with Crippen molar-refractivity contribution >= 4 is 23.8 Å². The van der Waals surface area contributed by atoms with Crippen molar-refractivity contribution in [3.63, 3.8) is 0 Å². The van der Waals surface area contributed by atoms with Crippen LogP contribution < -0.4 is 22.1 Å². The highest BCUT2D eigenvalue weighted by atomic mass is 16.6. The highest BCUT2D eigenvalue weighted by molar-refractivity contribution is 5.87. The first-order valence-electron chi connectivity index (χ1n) is 14.1. The molecule has 0 aromatic heterocycles. The number of nitrogens with one attached hydrogen (secondary N) is 2. The molecule has 0 aliphatic carbocycles. The third kappa shape index (κ3) is 21.8. The predicted molar refractivity (Wildman–Crippen MR) is 149 cm³/mol. The molecule has 0 radical (unpaired) electrons. The first-order valence-corrected chi connectivity index (χ1v) is 14.1. The van der Waals surface area contributed by atoms with E-state index < -0.39 is 35.2 Å². The molecule has 0 heterocycles. The number of hydrogen-bond donors (Lipinski definition) is 4. The van der Waals surface area contributed by atoms with Crippen LogP contribution in [0, 0.1) is 0 Å². The first kappa shape index (κ1) is 35.8. The van der Waals surface area contributed by atoms with E-state index in [0.29, 0.717) is 13.1 Å². The molecule has 0 bridgehead atoms. The van der Waals surface area contributed by atoms with E-state index in [4.69, 9.17) is 20.9 Å². The van der Waals surface area contributed by atoms with Crippen molar-refractivity contribution in [1.29, 1.82) is 0 Å². The number of nitrogens with two attached hydrogens (primary N) is 2. The van der Waals surface area contributed by atoms with Crippen LogP contribution in [-0.4, -0.2) is 60.1 Å². The van der Waals surface area contributed by atoms with Gasteiger partial charge in [0.15, 0.2) is 0 Å². The highest BCUT2D eigenvalue weighted by Gasteiger charge is 2.23. The fourth-order valence-electron chi connectivity index (χ4n) is 3.66. The van der Waals surface area contributed by atoms with Gasteiger partial charge in [-0.3, -0.25) is 19.2 Å². The number of rotatable bonds is 19. The number of hydrogen-bond acceptors (Lipinski definition) is 8. The molecule has 0 aliphatic heterocycles. The fraction of sp³-hybridized carbons (Fsp3) is 0.857. The van der Waals surface area contributed by atoms with Crippen molar-refractivity contribution in [1.82, 2.24) is 10.6 Å². The van der Waals surface area contributed by atoms with Crippen LogP contribution in [-0.2, 0) is 28.7 Å². The van der Waals surface area contributed by atoms with Gasteiger partial charge in [-0.15, -0.1) is 0 Å². The lowest BCUT2D eigenvalue weighted by Gasteiger charge is -2.20. The summed E-state index contributed by atoms with van der Waals surface area (Å²) in [4.78, 5) is 47.5. The maximum absolute atomic E-state index is 12.0. The summed E-state index contributed by atoms with van der Waals surface area (Å²) in [6, 6.07) is -1.77. The topological polar surface area (TPSA) is 163 Å². The third-order valence-electron chi connectivity index (χ3n) is 5.49. The second-order valence-electron chi connectivity index (χ2n) is 11.9. The Morgan fingerprint density at radius 2 is 0.816 bits per heavy atom. The fourth-order valence-corrected chi connectivity index (χ4v) is 3.66. The van der Waals surface area contributed by atoms with E-state index in [1.807, 2.05) is 0 Å². The Hall–Kier alpha value is -2.20. The SMILES string of the molecule is CC(C)(C)OC(=O)C[C@H](N)C(=O)NCCCCCCCCCCCCNC(=O)[C@@H](N)CC(=O)OC(C)(C)C. The summed E-state index contributed by atoms with van der Waals surface area (Å²) in [7, 11) is 0. The molecule has 0 saturated carbocycles. The van der Waals surface area contributed by atoms with Crippen molar-refractivity contribution < 1.29 is 28.7 Å². The molecule has 0 aromatic rings. The van der Waals surface area contributed by atoms with Crippen LogP contribution in [0.2, 0.25) is 0 Å². The van der Waals surface area contributed by atoms with E-state index in [0.717, 1.165) is 51.4 Å². The Morgan fingerprint density at radius 3 is 1.08 bits per heavy atom. The molecule has 2 amide bonds. The zero-order chi connectivity index (χ0) is 29.2. The summed E-state index contributed by atoms with van der Waals surface area (Å²) < 4.78 is 10.4. The van der Waals surface area contributed by atoms with Crippen molar-refractivity contribution in [2.45, 2.75) is 142 Å². The van der Waals surface area contributed by atoms with Gasteiger partial charge in [0.1, 0.15) is 11.2 Å². The lowest BCUT2D eigenvalue weighted by Crippen LogP contribution is -2.43. The second kappa shape index (κ2) is 19.0. The predicted octanol–water partition coefficient (Wildman–Crippen LogP) is 3.24. The zero-order valence-corrected chi connectivity index (χ0v) is 24.7. The second-order valence-corrected chi connectivity index (χ2v) is 11.9. The molecular weight excluding hydrogens is 488 g/mol. The molecule has 0 spiro atoms. The van der Waals surface area contributed by atoms with E-state index in [1.165, 1.54) is 12.8 Å². The van der Waals surface area contributed by atoms with E-state index in [-0.39, 0.29) is 24.7 Å². The van der Waals surface area contributed by atoms with Crippen molar-refractivity contribution in [2.75, 3.05) is 13.1 Å². The Morgan fingerprint density at radius 1 is 0.553 bits per heavy atom. The number of ether oxygens (including phenoxy) is 2. The van der Waals surface area contributed by atoms with Gasteiger partial charge in [-0.1, -0.05) is 51.4 Å². The van der Waals surface area contributed by atoms with Gasteiger partial charge in [-0.25, -0.2) is 0 Å². The van der Waals surface area contributed by atoms with Crippen molar-refractivity contribution in [3.05, 3.63) is 0 Å². The minimum Gasteiger partial charge on any atom is -0.460 e. The molecule has 0 unspecified atom stereocenters. The molecule has 222 valence electrons. The van der Waals surface area contributed by atoms with E-state index in [2.05, 4.69) is 10.6 Å². The van der Waals surface area contributed by atoms with Crippen LogP contribution in [0.5, 0.6) is 0 Å². The number of unbranched alkanes of at least 4 members (excludes halogenated alkanes) is 9. The van der Waals surface area contributed by atoms with E-state index >= 15 is 0 Å². The van der Waals surface area contributed by atoms with Gasteiger partial charge >= 0.3 is 11.9 Å². The average Bonchev–Trinajstić information content (AvgIpc) is 2.76. The van der Waals surface area contributed by atoms with Crippen LogP contribution >= 0.6 is 0 Å². The number of amides is 2. The smallest absolute Gasteiger partial charge is 0.308 e. The number of esters is 2. The largest absolute Gasteiger partial charge is 0.460 e. The van der Waals surface area contributed by atoms with Crippen molar-refractivity contribution in [2.24, 2.45) is 11.5 Å². The van der Waals surface area contributed by atoms with Crippen LogP contribution in [0.3, 0.4) is 0 Å². The Labute approximate surface area is 229 Å². The Balaban J connectivity index is 3.60. The number of carbonyl (C=O) groups excluding carboxylic acids is 4.